The van der Waals surface area contributed by atoms with Gasteiger partial charge in [-0.2, -0.15) is 0 Å². The Hall–Kier alpha value is -1.91. The molecule has 1 saturated heterocycles. The first-order valence-electron chi connectivity index (χ1n) is 7.57. The zero-order valence-corrected chi connectivity index (χ0v) is 12.2. The van der Waals surface area contributed by atoms with Crippen LogP contribution in [0.25, 0.3) is 0 Å². The maximum atomic E-state index is 12.8. The average Bonchev–Trinajstić information content (AvgIpc) is 2.86. The van der Waals surface area contributed by atoms with Gasteiger partial charge in [-0.3, -0.25) is 4.79 Å². The molecule has 0 aromatic carbocycles. The summed E-state index contributed by atoms with van der Waals surface area (Å²) in [6.07, 6.45) is 4.72. The lowest BCUT2D eigenvalue weighted by Gasteiger charge is -2.32. The van der Waals surface area contributed by atoms with Crippen molar-refractivity contribution in [3.63, 3.8) is 0 Å². The lowest BCUT2D eigenvalue weighted by molar-refractivity contribution is -0.141. The van der Waals surface area contributed by atoms with Crippen molar-refractivity contribution in [2.75, 3.05) is 0 Å². The molecule has 1 N–H and O–H groups in total. The van der Waals surface area contributed by atoms with Crippen molar-refractivity contribution in [1.29, 1.82) is 0 Å². The van der Waals surface area contributed by atoms with Gasteiger partial charge >= 0.3 is 5.97 Å². The van der Waals surface area contributed by atoms with Crippen molar-refractivity contribution in [3.05, 3.63) is 29.6 Å². The van der Waals surface area contributed by atoms with E-state index in [2.05, 4.69) is 4.98 Å². The molecule has 3 rings (SSSR count). The minimum atomic E-state index is -0.898. The third-order valence-electron chi connectivity index (χ3n) is 4.72. The van der Waals surface area contributed by atoms with Gasteiger partial charge in [-0.15, -0.1) is 0 Å². The fraction of sp³-hybridized carbons (Fsp3) is 0.562. The summed E-state index contributed by atoms with van der Waals surface area (Å²) in [7, 11) is 0. The molecular formula is C16H20N2O3. The second kappa shape index (κ2) is 5.47. The SMILES string of the molecule is Cc1cccc(C(=O)N2[C@@H]3CCCC[C@H]3C[C@H]2C(=O)O)n1. The molecule has 1 saturated carbocycles. The first-order chi connectivity index (χ1) is 10.1. The standard InChI is InChI=1S/C16H20N2O3/c1-10-5-4-7-12(17-10)15(19)18-13-8-3-2-6-11(13)9-14(18)16(20)21/h4-5,7,11,13-14H,2-3,6,8-9H2,1H3,(H,20,21)/t11-,13+,14-/m0/s1. The Labute approximate surface area is 124 Å². The molecular weight excluding hydrogens is 268 g/mol. The first-order valence-corrected chi connectivity index (χ1v) is 7.57. The van der Waals surface area contributed by atoms with E-state index in [1.54, 1.807) is 17.0 Å². The number of amides is 1. The minimum Gasteiger partial charge on any atom is -0.480 e. The van der Waals surface area contributed by atoms with E-state index in [0.717, 1.165) is 31.4 Å². The largest absolute Gasteiger partial charge is 0.480 e. The number of fused-ring (bicyclic) bond motifs is 1. The Morgan fingerprint density at radius 1 is 1.29 bits per heavy atom. The van der Waals surface area contributed by atoms with Gasteiger partial charge in [0.1, 0.15) is 11.7 Å². The monoisotopic (exact) mass is 288 g/mol. The van der Waals surface area contributed by atoms with Crippen LogP contribution < -0.4 is 0 Å². The van der Waals surface area contributed by atoms with Gasteiger partial charge in [0.15, 0.2) is 0 Å². The highest BCUT2D eigenvalue weighted by molar-refractivity contribution is 5.95. The predicted molar refractivity (Wildman–Crippen MR) is 76.9 cm³/mol. The van der Waals surface area contributed by atoms with Gasteiger partial charge in [0.2, 0.25) is 0 Å². The molecule has 112 valence electrons. The summed E-state index contributed by atoms with van der Waals surface area (Å²) in [5.74, 6) is -0.806. The number of nitrogens with zero attached hydrogens (tertiary/aromatic N) is 2. The molecule has 1 aromatic rings. The third-order valence-corrected chi connectivity index (χ3v) is 4.72. The molecule has 1 aliphatic carbocycles. The van der Waals surface area contributed by atoms with E-state index in [0.29, 0.717) is 18.0 Å². The van der Waals surface area contributed by atoms with E-state index in [1.807, 2.05) is 13.0 Å². The zero-order valence-electron chi connectivity index (χ0n) is 12.2. The van der Waals surface area contributed by atoms with Crippen LogP contribution in [-0.2, 0) is 4.79 Å². The highest BCUT2D eigenvalue weighted by atomic mass is 16.4. The molecule has 1 aliphatic heterocycles. The van der Waals surface area contributed by atoms with E-state index in [9.17, 15) is 14.7 Å². The molecule has 3 atom stereocenters. The van der Waals surface area contributed by atoms with Crippen LogP contribution in [0.1, 0.15) is 48.3 Å². The smallest absolute Gasteiger partial charge is 0.326 e. The molecule has 21 heavy (non-hydrogen) atoms. The zero-order chi connectivity index (χ0) is 15.0. The Kier molecular flexibility index (Phi) is 3.66. The molecule has 0 bridgehead atoms. The van der Waals surface area contributed by atoms with Crippen molar-refractivity contribution in [2.45, 2.75) is 51.1 Å². The highest BCUT2D eigenvalue weighted by Crippen LogP contribution is 2.40. The molecule has 2 aliphatic rings. The van der Waals surface area contributed by atoms with E-state index in [4.69, 9.17) is 0 Å². The Morgan fingerprint density at radius 3 is 2.76 bits per heavy atom. The van der Waals surface area contributed by atoms with Gasteiger partial charge in [0.05, 0.1) is 0 Å². The van der Waals surface area contributed by atoms with Crippen molar-refractivity contribution in [3.8, 4) is 0 Å². The summed E-state index contributed by atoms with van der Waals surface area (Å²) in [5, 5.41) is 9.47. The van der Waals surface area contributed by atoms with Gasteiger partial charge in [0, 0.05) is 11.7 Å². The summed E-state index contributed by atoms with van der Waals surface area (Å²) >= 11 is 0. The normalized spacial score (nSPS) is 28.2. The van der Waals surface area contributed by atoms with Gasteiger partial charge < -0.3 is 10.0 Å². The average molecular weight is 288 g/mol. The lowest BCUT2D eigenvalue weighted by atomic mass is 9.84. The second-order valence-electron chi connectivity index (χ2n) is 6.08. The van der Waals surface area contributed by atoms with E-state index >= 15 is 0 Å². The summed E-state index contributed by atoms with van der Waals surface area (Å²) < 4.78 is 0. The molecule has 0 radical (unpaired) electrons. The van der Waals surface area contributed by atoms with Crippen molar-refractivity contribution < 1.29 is 14.7 Å². The summed E-state index contributed by atoms with van der Waals surface area (Å²) in [5.41, 5.74) is 1.12. The molecule has 2 fully saturated rings. The number of carboxylic acids is 1. The number of hydrogen-bond donors (Lipinski definition) is 1. The Morgan fingerprint density at radius 2 is 2.05 bits per heavy atom. The number of likely N-dealkylation sites (tertiary alicyclic amines) is 1. The quantitative estimate of drug-likeness (QED) is 0.906. The van der Waals surface area contributed by atoms with Crippen LogP contribution in [0.3, 0.4) is 0 Å². The van der Waals surface area contributed by atoms with Crippen LogP contribution in [0.2, 0.25) is 0 Å². The summed E-state index contributed by atoms with van der Waals surface area (Å²) in [6.45, 7) is 1.83. The molecule has 5 nitrogen and oxygen atoms in total. The number of aliphatic carboxylic acids is 1. The first kappa shape index (κ1) is 14.0. The number of rotatable bonds is 2. The third kappa shape index (κ3) is 2.52. The number of aryl methyl sites for hydroxylation is 1. The molecule has 0 unspecified atom stereocenters. The Bertz CT molecular complexity index is 572. The maximum absolute atomic E-state index is 12.8. The van der Waals surface area contributed by atoms with Crippen LogP contribution in [0.15, 0.2) is 18.2 Å². The van der Waals surface area contributed by atoms with Crippen LogP contribution in [0.4, 0.5) is 0 Å². The van der Waals surface area contributed by atoms with E-state index in [1.165, 1.54) is 0 Å². The molecule has 5 heteroatoms. The minimum absolute atomic E-state index is 0.0645. The predicted octanol–water partition coefficient (Wildman–Crippen LogP) is 2.25. The molecule has 1 aromatic heterocycles. The van der Waals surface area contributed by atoms with Crippen LogP contribution in [-0.4, -0.2) is 39.0 Å². The van der Waals surface area contributed by atoms with Gasteiger partial charge in [0.25, 0.3) is 5.91 Å². The maximum Gasteiger partial charge on any atom is 0.326 e. The molecule has 2 heterocycles. The number of carboxylic acid groups (broad SMARTS) is 1. The number of pyridine rings is 1. The number of aromatic nitrogens is 1. The topological polar surface area (TPSA) is 70.5 Å². The fourth-order valence-corrected chi connectivity index (χ4v) is 3.77. The van der Waals surface area contributed by atoms with E-state index < -0.39 is 12.0 Å². The molecule has 0 spiro atoms. The number of carbonyl (C=O) groups excluding carboxylic acids is 1. The number of carbonyl (C=O) groups is 2. The summed E-state index contributed by atoms with van der Waals surface area (Å²) in [4.78, 5) is 30.2. The van der Waals surface area contributed by atoms with Crippen LogP contribution in [0.5, 0.6) is 0 Å². The second-order valence-corrected chi connectivity index (χ2v) is 6.08. The van der Waals surface area contributed by atoms with Crippen molar-refractivity contribution in [2.24, 2.45) is 5.92 Å². The fourth-order valence-electron chi connectivity index (χ4n) is 3.77. The van der Waals surface area contributed by atoms with Crippen LogP contribution in [0, 0.1) is 12.8 Å². The van der Waals surface area contributed by atoms with Crippen molar-refractivity contribution >= 4 is 11.9 Å². The van der Waals surface area contributed by atoms with Gasteiger partial charge in [-0.1, -0.05) is 18.9 Å². The molecule has 1 amide bonds. The van der Waals surface area contributed by atoms with Gasteiger partial charge in [-0.05, 0) is 44.2 Å². The van der Waals surface area contributed by atoms with E-state index in [-0.39, 0.29) is 11.9 Å². The highest BCUT2D eigenvalue weighted by Gasteiger charge is 2.47. The lowest BCUT2D eigenvalue weighted by Crippen LogP contribution is -2.46. The Balaban J connectivity index is 1.92. The van der Waals surface area contributed by atoms with Gasteiger partial charge in [-0.25, -0.2) is 9.78 Å². The van der Waals surface area contributed by atoms with Crippen molar-refractivity contribution in [1.82, 2.24) is 9.88 Å². The number of hydrogen-bond acceptors (Lipinski definition) is 3. The summed E-state index contributed by atoms with van der Waals surface area (Å²) in [6, 6.07) is 4.66. The van der Waals surface area contributed by atoms with Crippen LogP contribution >= 0.6 is 0 Å².